The Kier molecular flexibility index (Phi) is 26.5. The molecular formula is C57H59Cs2F2IN2O13. The molecule has 0 saturated heterocycles. The fourth-order valence-electron chi connectivity index (χ4n) is 9.33. The number of ether oxygens (including phenoxy) is 7. The Labute approximate surface area is 579 Å². The van der Waals surface area contributed by atoms with Crippen LogP contribution in [0.3, 0.4) is 0 Å². The average Bonchev–Trinajstić information content (AvgIpc) is 4.44. The summed E-state index contributed by atoms with van der Waals surface area (Å²) in [5.41, 5.74) is 5.31. The van der Waals surface area contributed by atoms with Crippen molar-refractivity contribution in [2.45, 2.75) is 63.6 Å². The van der Waals surface area contributed by atoms with Crippen molar-refractivity contribution in [3.05, 3.63) is 147 Å². The monoisotopic (exact) mass is 1410 g/mol. The van der Waals surface area contributed by atoms with Gasteiger partial charge >= 0.3 is 150 Å². The van der Waals surface area contributed by atoms with Gasteiger partial charge in [0.2, 0.25) is 0 Å². The molecule has 2 unspecified atom stereocenters. The van der Waals surface area contributed by atoms with Crippen LogP contribution < -0.4 is 167 Å². The van der Waals surface area contributed by atoms with Crippen molar-refractivity contribution in [3.63, 3.8) is 0 Å². The number of hydrogen-bond donors (Lipinski definition) is 1. The number of esters is 2. The van der Waals surface area contributed by atoms with Gasteiger partial charge in [-0.05, 0) is 156 Å². The predicted octanol–water partition coefficient (Wildman–Crippen LogP) is 4.18. The first kappa shape index (κ1) is 65.0. The maximum atomic E-state index is 14.4. The predicted molar refractivity (Wildman–Crippen MR) is 279 cm³/mol. The SMILES string of the molecule is COC(=O)[C@@H](C)[C@H](c1ccc(I)c(OC(CO)c2ccc(-c3cc(OC)ccc3F)cn2)c1)C1CC1.COC(=O)[C@@H](C)[C@H](c1ccc2c(c1)OC(c1ccc(-c3cc(OC)ccc3F)cn1)CO2)C1CC1.O=CO[O-].[Cs+].[Cs+].[H-]. The first-order valence-corrected chi connectivity index (χ1v) is 25.3. The van der Waals surface area contributed by atoms with E-state index in [0.29, 0.717) is 80.8 Å². The quantitative estimate of drug-likeness (QED) is 0.0423. The van der Waals surface area contributed by atoms with Crippen LogP contribution in [0.5, 0.6) is 28.7 Å². The maximum absolute atomic E-state index is 14.4. The van der Waals surface area contributed by atoms with E-state index in [1.165, 1.54) is 33.5 Å². The van der Waals surface area contributed by atoms with Gasteiger partial charge < -0.3 is 49.8 Å². The van der Waals surface area contributed by atoms with Crippen LogP contribution in [0, 0.1) is 38.9 Å². The Bertz CT molecular complexity index is 2920. The molecule has 0 spiro atoms. The van der Waals surface area contributed by atoms with Crippen molar-refractivity contribution >= 4 is 41.0 Å². The van der Waals surface area contributed by atoms with Crippen molar-refractivity contribution in [2.75, 3.05) is 41.7 Å². The van der Waals surface area contributed by atoms with Gasteiger partial charge in [0.1, 0.15) is 35.5 Å². The number of aromatic nitrogens is 2. The number of hydrogen-bond acceptors (Lipinski definition) is 15. The molecule has 2 aliphatic carbocycles. The average molecular weight is 1410 g/mol. The van der Waals surface area contributed by atoms with Crippen LogP contribution in [0.15, 0.2) is 109 Å². The zero-order valence-electron chi connectivity index (χ0n) is 45.2. The number of pyridine rings is 2. The zero-order valence-corrected chi connectivity index (χ0v) is 58.9. The van der Waals surface area contributed by atoms with Gasteiger partial charge in [0.05, 0.1) is 61.8 Å². The summed E-state index contributed by atoms with van der Waals surface area (Å²) in [6, 6.07) is 28.1. The minimum absolute atomic E-state index is 0. The smallest absolute Gasteiger partial charge is 1.00 e. The number of nitrogens with zero attached hydrogens (tertiary/aromatic N) is 2. The molecule has 2 fully saturated rings. The normalized spacial score (nSPS) is 16.0. The summed E-state index contributed by atoms with van der Waals surface area (Å²) >= 11 is 2.19. The van der Waals surface area contributed by atoms with Crippen molar-refractivity contribution in [1.29, 1.82) is 0 Å². The summed E-state index contributed by atoms with van der Waals surface area (Å²) in [4.78, 5) is 44.8. The number of aliphatic hydroxyl groups is 1. The van der Waals surface area contributed by atoms with E-state index in [1.807, 2.05) is 62.4 Å². The molecule has 1 N–H and O–H groups in total. The van der Waals surface area contributed by atoms with Gasteiger partial charge in [-0.15, -0.1) is 0 Å². The Balaban J connectivity index is 0.000000304. The molecule has 3 aliphatic rings. The van der Waals surface area contributed by atoms with Crippen LogP contribution in [0.2, 0.25) is 0 Å². The molecule has 15 nitrogen and oxygen atoms in total. The van der Waals surface area contributed by atoms with Crippen molar-refractivity contribution in [1.82, 2.24) is 9.97 Å². The molecule has 9 rings (SSSR count). The summed E-state index contributed by atoms with van der Waals surface area (Å²) in [5.74, 6) is 2.40. The van der Waals surface area contributed by atoms with E-state index in [9.17, 15) is 23.5 Å². The van der Waals surface area contributed by atoms with Crippen LogP contribution in [-0.2, 0) is 28.7 Å². The summed E-state index contributed by atoms with van der Waals surface area (Å²) in [6.45, 7) is 3.67. The fourth-order valence-corrected chi connectivity index (χ4v) is 9.80. The number of rotatable bonds is 18. The Morgan fingerprint density at radius 3 is 1.71 bits per heavy atom. The second-order valence-corrected chi connectivity index (χ2v) is 19.4. The summed E-state index contributed by atoms with van der Waals surface area (Å²) in [5, 5.41) is 18.5. The molecule has 1 aliphatic heterocycles. The third-order valence-electron chi connectivity index (χ3n) is 13.5. The number of benzene rings is 4. The second kappa shape index (κ2) is 31.4. The van der Waals surface area contributed by atoms with Crippen LogP contribution >= 0.6 is 22.6 Å². The molecule has 398 valence electrons. The van der Waals surface area contributed by atoms with E-state index < -0.39 is 12.2 Å². The number of methoxy groups -OCH3 is 4. The molecule has 0 bridgehead atoms. The Morgan fingerprint density at radius 1 is 0.740 bits per heavy atom. The number of halogens is 3. The molecule has 2 saturated carbocycles. The van der Waals surface area contributed by atoms with E-state index in [4.69, 9.17) is 43.2 Å². The van der Waals surface area contributed by atoms with Gasteiger partial charge in [-0.1, -0.05) is 38.1 Å². The van der Waals surface area contributed by atoms with Crippen LogP contribution in [0.25, 0.3) is 22.3 Å². The summed E-state index contributed by atoms with van der Waals surface area (Å²) in [6.07, 6.45) is 6.44. The van der Waals surface area contributed by atoms with Crippen molar-refractivity contribution in [3.8, 4) is 51.0 Å². The topological polar surface area (TPSA) is 194 Å². The largest absolute Gasteiger partial charge is 1.00 e. The van der Waals surface area contributed by atoms with E-state index in [0.717, 1.165) is 40.4 Å². The molecule has 6 aromatic rings. The molecular weight excluding hydrogens is 1350 g/mol. The van der Waals surface area contributed by atoms with E-state index in [2.05, 4.69) is 37.4 Å². The standard InChI is InChI=1S/C28H29FINO5.C28H28FNO5.CH2O3.2Cs.H/c1-16(28(33)35-3)27(17-4-5-17)18-6-10-23(30)25(12-18)36-26(15-32)24-11-7-19(14-31-24)21-13-20(34-2)8-9-22(21)29;1-16(28(31)33-3)27(17-4-5-17)18-7-11-24-25(12-18)35-26(15-34-24)23-10-6-19(14-30-23)21-13-20(32-2)8-9-22(21)29;2-1-4-3;;;/h6-14,16-17,26-27,32H,4-5,15H2,1-3H3;6-14,16-17,26-27H,4-5,15H2,1-3H3;1,3H;;;/q;;;2*+1;-1/p-1/t2*16-,26?,27-;;;;/m00..../s1. The molecule has 4 aromatic carbocycles. The van der Waals surface area contributed by atoms with E-state index in [-0.39, 0.29) is 200 Å². The molecule has 77 heavy (non-hydrogen) atoms. The maximum Gasteiger partial charge on any atom is 1.00 e. The molecule has 0 amide bonds. The summed E-state index contributed by atoms with van der Waals surface area (Å²) in [7, 11) is 5.92. The first-order chi connectivity index (χ1) is 36.2. The van der Waals surface area contributed by atoms with Crippen molar-refractivity contribution in [2.24, 2.45) is 23.7 Å². The van der Waals surface area contributed by atoms with Gasteiger partial charge in [-0.3, -0.25) is 24.4 Å². The fraction of sp³-hybridized carbons (Fsp3) is 0.351. The van der Waals surface area contributed by atoms with Crippen LogP contribution in [-0.4, -0.2) is 75.1 Å². The van der Waals surface area contributed by atoms with Gasteiger partial charge in [0.15, 0.2) is 23.7 Å². The van der Waals surface area contributed by atoms with E-state index >= 15 is 0 Å². The van der Waals surface area contributed by atoms with Crippen LogP contribution in [0.4, 0.5) is 8.78 Å². The molecule has 3 heterocycles. The molecule has 20 heteroatoms. The molecule has 6 atom stereocenters. The zero-order chi connectivity index (χ0) is 53.8. The second-order valence-electron chi connectivity index (χ2n) is 18.3. The Morgan fingerprint density at radius 2 is 1.26 bits per heavy atom. The van der Waals surface area contributed by atoms with Crippen LogP contribution in [0.1, 0.15) is 87.5 Å². The van der Waals surface area contributed by atoms with E-state index in [1.54, 1.807) is 55.9 Å². The molecule has 2 aromatic heterocycles. The van der Waals surface area contributed by atoms with Gasteiger partial charge in [-0.25, -0.2) is 8.78 Å². The number of fused-ring (bicyclic) bond motifs is 1. The van der Waals surface area contributed by atoms with Gasteiger partial charge in [0.25, 0.3) is 6.47 Å². The Hall–Kier alpha value is -2.80. The number of carbonyl (C=O) groups is 3. The third kappa shape index (κ3) is 17.1. The molecule has 0 radical (unpaired) electrons. The van der Waals surface area contributed by atoms with Crippen molar-refractivity contribution < 1.29 is 211 Å². The summed E-state index contributed by atoms with van der Waals surface area (Å²) < 4.78 is 68.5. The number of carbonyl (C=O) groups excluding carboxylic acids is 3. The van der Waals surface area contributed by atoms with Gasteiger partial charge in [0, 0.05) is 34.6 Å². The third-order valence-corrected chi connectivity index (χ3v) is 14.4. The minimum atomic E-state index is -0.713. The first-order valence-electron chi connectivity index (χ1n) is 24.2. The van der Waals surface area contributed by atoms with Gasteiger partial charge in [-0.2, -0.15) is 0 Å². The number of aliphatic hydroxyl groups excluding tert-OH is 1. The minimum Gasteiger partial charge on any atom is -1.00 e.